The summed E-state index contributed by atoms with van der Waals surface area (Å²) in [6, 6.07) is 14.2. The van der Waals surface area contributed by atoms with Crippen LogP contribution in [-0.4, -0.2) is 56.3 Å². The summed E-state index contributed by atoms with van der Waals surface area (Å²) in [7, 11) is 0. The lowest BCUT2D eigenvalue weighted by molar-refractivity contribution is -0.137. The molecule has 9 nitrogen and oxygen atoms in total. The Balaban J connectivity index is 1.12. The van der Waals surface area contributed by atoms with E-state index in [1.807, 2.05) is 10.9 Å². The first-order valence-electron chi connectivity index (χ1n) is 14.4. The van der Waals surface area contributed by atoms with E-state index >= 15 is 0 Å². The lowest BCUT2D eigenvalue weighted by atomic mass is 10.1. The van der Waals surface area contributed by atoms with E-state index in [-0.39, 0.29) is 11.3 Å². The van der Waals surface area contributed by atoms with E-state index in [1.165, 1.54) is 68.8 Å². The van der Waals surface area contributed by atoms with Crippen molar-refractivity contribution in [2.24, 2.45) is 0 Å². The Morgan fingerprint density at radius 2 is 1.75 bits per heavy atom. The number of piperidine rings is 1. The van der Waals surface area contributed by atoms with Gasteiger partial charge in [0, 0.05) is 35.6 Å². The highest BCUT2D eigenvalue weighted by Gasteiger charge is 2.30. The molecular formula is C32H32F3N7O2. The highest BCUT2D eigenvalue weighted by Crippen LogP contribution is 2.30. The molecule has 0 aliphatic carbocycles. The van der Waals surface area contributed by atoms with Crippen molar-refractivity contribution in [3.05, 3.63) is 95.8 Å². The van der Waals surface area contributed by atoms with Gasteiger partial charge in [0.2, 0.25) is 5.91 Å². The summed E-state index contributed by atoms with van der Waals surface area (Å²) in [4.78, 5) is 31.9. The number of hydrogen-bond donors (Lipinski definition) is 2. The summed E-state index contributed by atoms with van der Waals surface area (Å²) in [5.41, 5.74) is 1.42. The van der Waals surface area contributed by atoms with Gasteiger partial charge in [0.1, 0.15) is 11.5 Å². The van der Waals surface area contributed by atoms with Crippen LogP contribution in [0.1, 0.15) is 47.2 Å². The normalized spacial score (nSPS) is 14.1. The topological polar surface area (TPSA) is 105 Å². The SMILES string of the molecule is O=C(/C=C/c1cccc(C(=O)Nc2cccc(C(F)(F)F)c2)c1)Nc1ccc(-c2cn(CCCN3CCCCC3)nn2)cn1. The Labute approximate surface area is 252 Å². The fourth-order valence-electron chi connectivity index (χ4n) is 4.90. The summed E-state index contributed by atoms with van der Waals surface area (Å²) in [6.07, 6.45) is 6.70. The molecule has 1 aliphatic heterocycles. The number of pyridine rings is 1. The molecule has 2 amide bonds. The number of nitrogens with zero attached hydrogens (tertiary/aromatic N) is 5. The molecule has 3 heterocycles. The number of aromatic nitrogens is 4. The smallest absolute Gasteiger partial charge is 0.322 e. The van der Waals surface area contributed by atoms with Gasteiger partial charge in [-0.2, -0.15) is 13.2 Å². The van der Waals surface area contributed by atoms with E-state index in [9.17, 15) is 22.8 Å². The Morgan fingerprint density at radius 1 is 0.932 bits per heavy atom. The maximum atomic E-state index is 13.0. The maximum Gasteiger partial charge on any atom is 0.416 e. The third-order valence-corrected chi connectivity index (χ3v) is 7.18. The minimum atomic E-state index is -4.52. The number of benzene rings is 2. The predicted octanol–water partition coefficient (Wildman–Crippen LogP) is 6.14. The van der Waals surface area contributed by atoms with Crippen LogP contribution in [0.3, 0.4) is 0 Å². The minimum Gasteiger partial charge on any atom is -0.322 e. The van der Waals surface area contributed by atoms with Gasteiger partial charge < -0.3 is 15.5 Å². The number of anilines is 2. The van der Waals surface area contributed by atoms with Gasteiger partial charge in [-0.1, -0.05) is 29.8 Å². The molecule has 1 saturated heterocycles. The van der Waals surface area contributed by atoms with Gasteiger partial charge in [0.25, 0.3) is 5.91 Å². The summed E-state index contributed by atoms with van der Waals surface area (Å²) in [6.45, 7) is 4.20. The van der Waals surface area contributed by atoms with Gasteiger partial charge in [-0.05, 0) is 93.0 Å². The van der Waals surface area contributed by atoms with E-state index < -0.39 is 23.6 Å². The molecule has 0 radical (unpaired) electrons. The highest BCUT2D eigenvalue weighted by atomic mass is 19.4. The van der Waals surface area contributed by atoms with Crippen molar-refractivity contribution in [3.8, 4) is 11.3 Å². The van der Waals surface area contributed by atoms with Crippen LogP contribution < -0.4 is 10.6 Å². The number of carbonyl (C=O) groups is 2. The summed E-state index contributed by atoms with van der Waals surface area (Å²) >= 11 is 0. The second-order valence-electron chi connectivity index (χ2n) is 10.5. The van der Waals surface area contributed by atoms with Gasteiger partial charge in [0.15, 0.2) is 0 Å². The van der Waals surface area contributed by atoms with Crippen molar-refractivity contribution in [1.29, 1.82) is 0 Å². The number of amides is 2. The zero-order valence-corrected chi connectivity index (χ0v) is 23.9. The van der Waals surface area contributed by atoms with Gasteiger partial charge in [-0.3, -0.25) is 14.3 Å². The van der Waals surface area contributed by atoms with Crippen LogP contribution >= 0.6 is 0 Å². The second kappa shape index (κ2) is 14.1. The fraction of sp³-hybridized carbons (Fsp3) is 0.281. The predicted molar refractivity (Wildman–Crippen MR) is 162 cm³/mol. The van der Waals surface area contributed by atoms with Gasteiger partial charge >= 0.3 is 6.18 Å². The molecule has 2 N–H and O–H groups in total. The first kappa shape index (κ1) is 30.6. The number of hydrogen-bond acceptors (Lipinski definition) is 6. The summed E-state index contributed by atoms with van der Waals surface area (Å²) < 4.78 is 40.8. The molecule has 0 unspecified atom stereocenters. The number of halogens is 3. The Kier molecular flexibility index (Phi) is 9.80. The molecule has 0 bridgehead atoms. The van der Waals surface area contributed by atoms with Gasteiger partial charge in [-0.15, -0.1) is 5.10 Å². The third-order valence-electron chi connectivity index (χ3n) is 7.18. The lowest BCUT2D eigenvalue weighted by Crippen LogP contribution is -2.31. The van der Waals surface area contributed by atoms with Crippen LogP contribution in [0.4, 0.5) is 24.7 Å². The molecule has 0 atom stereocenters. The van der Waals surface area contributed by atoms with E-state index in [0.717, 1.165) is 37.2 Å². The molecule has 4 aromatic rings. The van der Waals surface area contributed by atoms with Crippen molar-refractivity contribution in [1.82, 2.24) is 24.9 Å². The summed E-state index contributed by atoms with van der Waals surface area (Å²) in [5, 5.41) is 13.6. The Bertz CT molecular complexity index is 1610. The zero-order valence-electron chi connectivity index (χ0n) is 23.9. The van der Waals surface area contributed by atoms with Crippen molar-refractivity contribution in [2.45, 2.75) is 38.4 Å². The van der Waals surface area contributed by atoms with Crippen LogP contribution in [0.15, 0.2) is 79.1 Å². The Morgan fingerprint density at radius 3 is 2.52 bits per heavy atom. The van der Waals surface area contributed by atoms with E-state index in [4.69, 9.17) is 0 Å². The van der Waals surface area contributed by atoms with Crippen molar-refractivity contribution < 1.29 is 22.8 Å². The molecule has 1 aliphatic rings. The molecule has 228 valence electrons. The second-order valence-corrected chi connectivity index (χ2v) is 10.5. The molecule has 1 fully saturated rings. The van der Waals surface area contributed by atoms with Gasteiger partial charge in [-0.25, -0.2) is 4.98 Å². The van der Waals surface area contributed by atoms with Crippen LogP contribution in [0.2, 0.25) is 0 Å². The van der Waals surface area contributed by atoms with E-state index in [1.54, 1.807) is 30.5 Å². The number of rotatable bonds is 10. The first-order valence-corrected chi connectivity index (χ1v) is 14.4. The lowest BCUT2D eigenvalue weighted by Gasteiger charge is -2.26. The molecule has 44 heavy (non-hydrogen) atoms. The van der Waals surface area contributed by atoms with Crippen molar-refractivity contribution in [3.63, 3.8) is 0 Å². The molecule has 0 spiro atoms. The van der Waals surface area contributed by atoms with Gasteiger partial charge in [0.05, 0.1) is 11.8 Å². The average Bonchev–Trinajstić information content (AvgIpc) is 3.50. The molecule has 5 rings (SSSR count). The van der Waals surface area contributed by atoms with Crippen LogP contribution in [0, 0.1) is 0 Å². The van der Waals surface area contributed by atoms with Crippen LogP contribution in [-0.2, 0) is 17.5 Å². The number of aryl methyl sites for hydroxylation is 1. The van der Waals surface area contributed by atoms with E-state index in [0.29, 0.717) is 17.1 Å². The highest BCUT2D eigenvalue weighted by molar-refractivity contribution is 6.05. The average molecular weight is 604 g/mol. The quantitative estimate of drug-likeness (QED) is 0.211. The largest absolute Gasteiger partial charge is 0.416 e. The molecule has 12 heteroatoms. The first-order chi connectivity index (χ1) is 21.2. The third kappa shape index (κ3) is 8.60. The van der Waals surface area contributed by atoms with Crippen LogP contribution in [0.25, 0.3) is 17.3 Å². The number of alkyl halides is 3. The minimum absolute atomic E-state index is 0.0245. The van der Waals surface area contributed by atoms with Crippen molar-refractivity contribution >= 4 is 29.4 Å². The molecule has 0 saturated carbocycles. The summed E-state index contributed by atoms with van der Waals surface area (Å²) in [5.74, 6) is -0.652. The molecular weight excluding hydrogens is 571 g/mol. The van der Waals surface area contributed by atoms with E-state index in [2.05, 4.69) is 30.8 Å². The monoisotopic (exact) mass is 603 g/mol. The zero-order chi connectivity index (χ0) is 30.9. The van der Waals surface area contributed by atoms with Crippen molar-refractivity contribution in [2.75, 3.05) is 30.3 Å². The number of nitrogens with one attached hydrogen (secondary N) is 2. The molecule has 2 aromatic heterocycles. The van der Waals surface area contributed by atoms with Crippen LogP contribution in [0.5, 0.6) is 0 Å². The maximum absolute atomic E-state index is 13.0. The fourth-order valence-corrected chi connectivity index (χ4v) is 4.90. The Hall–Kier alpha value is -4.84. The molecule has 2 aromatic carbocycles. The number of carbonyl (C=O) groups excluding carboxylic acids is 2. The number of likely N-dealkylation sites (tertiary alicyclic amines) is 1. The standard InChI is InChI=1S/C32H32F3N7O2/c33-32(34,35)26-9-5-10-27(20-26)37-31(44)24-8-4-7-23(19-24)11-14-30(43)38-29-13-12-25(21-36-29)28-22-42(40-39-28)18-6-17-41-15-2-1-3-16-41/h4-5,7-14,19-22H,1-3,6,15-18H2,(H,37,44)(H,36,38,43)/b14-11+.